The van der Waals surface area contributed by atoms with Gasteiger partial charge in [-0.05, 0) is 31.2 Å². The van der Waals surface area contributed by atoms with Gasteiger partial charge in [0.05, 0.1) is 26.4 Å². The third-order valence-electron chi connectivity index (χ3n) is 4.30. The van der Waals surface area contributed by atoms with Gasteiger partial charge in [0, 0.05) is 31.6 Å². The first kappa shape index (κ1) is 16.1. The molecule has 1 amide bonds. The second-order valence-corrected chi connectivity index (χ2v) is 5.80. The highest BCUT2D eigenvalue weighted by atomic mass is 16.7. The molecule has 3 rings (SSSR count). The van der Waals surface area contributed by atoms with Crippen molar-refractivity contribution in [1.29, 1.82) is 0 Å². The van der Waals surface area contributed by atoms with Crippen LogP contribution >= 0.6 is 0 Å². The predicted octanol–water partition coefficient (Wildman–Crippen LogP) is 1.86. The van der Waals surface area contributed by atoms with Crippen LogP contribution in [0.5, 0.6) is 5.75 Å². The van der Waals surface area contributed by atoms with Gasteiger partial charge in [-0.1, -0.05) is 0 Å². The summed E-state index contributed by atoms with van der Waals surface area (Å²) in [7, 11) is 0. The molecule has 1 aromatic rings. The molecular formula is C17H24N2O4. The van der Waals surface area contributed by atoms with Crippen LogP contribution in [0.15, 0.2) is 24.3 Å². The molecule has 2 saturated heterocycles. The van der Waals surface area contributed by atoms with Gasteiger partial charge in [0.15, 0.2) is 5.79 Å². The number of amides is 1. The van der Waals surface area contributed by atoms with E-state index in [-0.39, 0.29) is 5.91 Å². The molecule has 126 valence electrons. The van der Waals surface area contributed by atoms with E-state index >= 15 is 0 Å². The lowest BCUT2D eigenvalue weighted by molar-refractivity contribution is -0.187. The van der Waals surface area contributed by atoms with E-state index < -0.39 is 5.79 Å². The average molecular weight is 320 g/mol. The second-order valence-electron chi connectivity index (χ2n) is 5.80. The number of carbonyl (C=O) groups excluding carboxylic acids is 1. The minimum absolute atomic E-state index is 0.103. The zero-order chi connectivity index (χ0) is 16.1. The maximum Gasteiger partial charge on any atom is 0.241 e. The number of rotatable bonds is 5. The topological polar surface area (TPSA) is 60.0 Å². The van der Waals surface area contributed by atoms with Crippen LogP contribution in [0.3, 0.4) is 0 Å². The fourth-order valence-electron chi connectivity index (χ4n) is 3.01. The van der Waals surface area contributed by atoms with Crippen LogP contribution in [-0.4, -0.2) is 56.0 Å². The number of benzene rings is 1. The van der Waals surface area contributed by atoms with Crippen molar-refractivity contribution in [3.8, 4) is 5.75 Å². The lowest BCUT2D eigenvalue weighted by Crippen LogP contribution is -2.48. The Morgan fingerprint density at radius 3 is 2.48 bits per heavy atom. The molecule has 0 aliphatic carbocycles. The third-order valence-corrected chi connectivity index (χ3v) is 4.30. The number of carbonyl (C=O) groups is 1. The van der Waals surface area contributed by atoms with Gasteiger partial charge >= 0.3 is 0 Å². The normalized spacial score (nSPS) is 19.8. The van der Waals surface area contributed by atoms with Gasteiger partial charge < -0.3 is 24.4 Å². The summed E-state index contributed by atoms with van der Waals surface area (Å²) in [6, 6.07) is 7.64. The minimum Gasteiger partial charge on any atom is -0.494 e. The zero-order valence-electron chi connectivity index (χ0n) is 13.5. The van der Waals surface area contributed by atoms with Gasteiger partial charge in [-0.3, -0.25) is 4.79 Å². The molecular weight excluding hydrogens is 296 g/mol. The van der Waals surface area contributed by atoms with Crippen LogP contribution in [0.2, 0.25) is 0 Å². The number of ether oxygens (including phenoxy) is 3. The molecule has 2 fully saturated rings. The van der Waals surface area contributed by atoms with E-state index in [1.54, 1.807) is 0 Å². The van der Waals surface area contributed by atoms with Crippen LogP contribution in [0, 0.1) is 0 Å². The fraction of sp³-hybridized carbons (Fsp3) is 0.588. The van der Waals surface area contributed by atoms with E-state index in [9.17, 15) is 4.79 Å². The minimum atomic E-state index is -0.431. The smallest absolute Gasteiger partial charge is 0.241 e. The molecule has 0 unspecified atom stereocenters. The SMILES string of the molecule is CCOc1ccc(NCC(=O)N2CCC3(CC2)OCCO3)cc1. The first-order valence-corrected chi connectivity index (χ1v) is 8.23. The van der Waals surface area contributed by atoms with Gasteiger partial charge in [0.1, 0.15) is 5.75 Å². The molecule has 0 bridgehead atoms. The molecule has 1 aromatic carbocycles. The van der Waals surface area contributed by atoms with Gasteiger partial charge in [0.2, 0.25) is 5.91 Å². The molecule has 0 radical (unpaired) electrons. The Hall–Kier alpha value is -1.79. The van der Waals surface area contributed by atoms with Gasteiger partial charge in [-0.2, -0.15) is 0 Å². The summed E-state index contributed by atoms with van der Waals surface area (Å²) in [6.45, 7) is 5.58. The molecule has 23 heavy (non-hydrogen) atoms. The lowest BCUT2D eigenvalue weighted by Gasteiger charge is -2.37. The van der Waals surface area contributed by atoms with E-state index in [2.05, 4.69) is 5.32 Å². The molecule has 2 aliphatic heterocycles. The highest BCUT2D eigenvalue weighted by molar-refractivity contribution is 5.81. The van der Waals surface area contributed by atoms with E-state index in [0.29, 0.717) is 39.5 Å². The number of nitrogens with one attached hydrogen (secondary N) is 1. The molecule has 0 saturated carbocycles. The van der Waals surface area contributed by atoms with Crippen LogP contribution in [-0.2, 0) is 14.3 Å². The molecule has 2 aliphatic rings. The van der Waals surface area contributed by atoms with Gasteiger partial charge in [-0.25, -0.2) is 0 Å². The van der Waals surface area contributed by atoms with Crippen LogP contribution in [0.4, 0.5) is 5.69 Å². The van der Waals surface area contributed by atoms with Crippen molar-refractivity contribution in [2.75, 3.05) is 44.8 Å². The van der Waals surface area contributed by atoms with Crippen molar-refractivity contribution in [2.24, 2.45) is 0 Å². The highest BCUT2D eigenvalue weighted by Crippen LogP contribution is 2.31. The van der Waals surface area contributed by atoms with Gasteiger partial charge in [0.25, 0.3) is 0 Å². The average Bonchev–Trinajstić information content (AvgIpc) is 3.03. The Bertz CT molecular complexity index is 516. The summed E-state index contributed by atoms with van der Waals surface area (Å²) in [5, 5.41) is 3.16. The van der Waals surface area contributed by atoms with Crippen LogP contribution < -0.4 is 10.1 Å². The van der Waals surface area contributed by atoms with E-state index in [0.717, 1.165) is 24.3 Å². The van der Waals surface area contributed by atoms with Crippen LogP contribution in [0.1, 0.15) is 19.8 Å². The van der Waals surface area contributed by atoms with E-state index in [4.69, 9.17) is 14.2 Å². The number of likely N-dealkylation sites (tertiary alicyclic amines) is 1. The van der Waals surface area contributed by atoms with Crippen molar-refractivity contribution in [3.63, 3.8) is 0 Å². The standard InChI is InChI=1S/C17H24N2O4/c1-2-21-15-5-3-14(4-6-15)18-13-16(20)19-9-7-17(8-10-19)22-11-12-23-17/h3-6,18H,2,7-13H2,1H3. The second kappa shape index (κ2) is 7.19. The molecule has 1 spiro atoms. The summed E-state index contributed by atoms with van der Waals surface area (Å²) < 4.78 is 16.8. The monoisotopic (exact) mass is 320 g/mol. The molecule has 2 heterocycles. The number of anilines is 1. The number of nitrogens with zero attached hydrogens (tertiary/aromatic N) is 1. The zero-order valence-corrected chi connectivity index (χ0v) is 13.5. The third kappa shape index (κ3) is 3.95. The van der Waals surface area contributed by atoms with Crippen molar-refractivity contribution in [2.45, 2.75) is 25.6 Å². The van der Waals surface area contributed by atoms with E-state index in [1.807, 2.05) is 36.1 Å². The molecule has 0 atom stereocenters. The van der Waals surface area contributed by atoms with Crippen molar-refractivity contribution >= 4 is 11.6 Å². The maximum atomic E-state index is 12.3. The fourth-order valence-corrected chi connectivity index (χ4v) is 3.01. The maximum absolute atomic E-state index is 12.3. The Kier molecular flexibility index (Phi) is 5.03. The van der Waals surface area contributed by atoms with E-state index in [1.165, 1.54) is 0 Å². The summed E-state index contributed by atoms with van der Waals surface area (Å²) in [4.78, 5) is 14.2. The van der Waals surface area contributed by atoms with Crippen molar-refractivity contribution in [3.05, 3.63) is 24.3 Å². The Balaban J connectivity index is 1.44. The summed E-state index contributed by atoms with van der Waals surface area (Å²) in [5.41, 5.74) is 0.915. The van der Waals surface area contributed by atoms with Crippen LogP contribution in [0.25, 0.3) is 0 Å². The van der Waals surface area contributed by atoms with Crippen molar-refractivity contribution in [1.82, 2.24) is 4.90 Å². The van der Waals surface area contributed by atoms with Gasteiger partial charge in [-0.15, -0.1) is 0 Å². The molecule has 0 aromatic heterocycles. The Labute approximate surface area is 136 Å². The Morgan fingerprint density at radius 2 is 1.87 bits per heavy atom. The highest BCUT2D eigenvalue weighted by Gasteiger charge is 2.40. The predicted molar refractivity (Wildman–Crippen MR) is 86.5 cm³/mol. The molecule has 6 nitrogen and oxygen atoms in total. The summed E-state index contributed by atoms with van der Waals surface area (Å²) in [6.07, 6.45) is 1.50. The number of hydrogen-bond acceptors (Lipinski definition) is 5. The molecule has 1 N–H and O–H groups in total. The number of piperidine rings is 1. The van der Waals surface area contributed by atoms with Crippen molar-refractivity contribution < 1.29 is 19.0 Å². The summed E-state index contributed by atoms with van der Waals surface area (Å²) in [5.74, 6) is 0.508. The first-order chi connectivity index (χ1) is 11.2. The quantitative estimate of drug-likeness (QED) is 0.897. The first-order valence-electron chi connectivity index (χ1n) is 8.23. The summed E-state index contributed by atoms with van der Waals surface area (Å²) >= 11 is 0. The Morgan fingerprint density at radius 1 is 1.22 bits per heavy atom. The number of hydrogen-bond donors (Lipinski definition) is 1. The molecule has 6 heteroatoms. The lowest BCUT2D eigenvalue weighted by atomic mass is 10.0. The largest absolute Gasteiger partial charge is 0.494 e.